The lowest BCUT2D eigenvalue weighted by Crippen LogP contribution is -2.57. The molecular formula is C53H96N22O10. The average molecular weight is 1200 g/mol. The summed E-state index contributed by atoms with van der Waals surface area (Å²) in [6, 6.07) is -8.06. The van der Waals surface area contributed by atoms with Gasteiger partial charge in [-0.15, -0.1) is 0 Å². The molecule has 7 atom stereocenters. The number of aromatic nitrogens is 2. The van der Waals surface area contributed by atoms with Gasteiger partial charge in [0.1, 0.15) is 47.7 Å². The second-order valence-corrected chi connectivity index (χ2v) is 20.5. The fourth-order valence-electron chi connectivity index (χ4n) is 8.72. The van der Waals surface area contributed by atoms with Crippen molar-refractivity contribution >= 4 is 70.7 Å². The first-order valence-corrected chi connectivity index (χ1v) is 29.2. The molecule has 27 N–H and O–H groups in total. The Labute approximate surface area is 496 Å². The van der Waals surface area contributed by atoms with Gasteiger partial charge < -0.3 is 104 Å². The summed E-state index contributed by atoms with van der Waals surface area (Å²) < 4.78 is 0. The van der Waals surface area contributed by atoms with E-state index in [1.807, 2.05) is 0 Å². The molecule has 0 aliphatic carbocycles. The lowest BCUT2D eigenvalue weighted by Gasteiger charge is -2.28. The summed E-state index contributed by atoms with van der Waals surface area (Å²) in [5, 5.41) is 21.1. The topological polar surface area (TPSA) is 558 Å². The summed E-state index contributed by atoms with van der Waals surface area (Å²) in [7, 11) is 0. The summed E-state index contributed by atoms with van der Waals surface area (Å²) in [5.41, 5.74) is 51.1. The number of carbonyl (C=O) groups is 10. The van der Waals surface area contributed by atoms with Crippen molar-refractivity contribution in [3.8, 4) is 0 Å². The lowest BCUT2D eigenvalue weighted by atomic mass is 10.1. The zero-order valence-corrected chi connectivity index (χ0v) is 49.1. The Kier molecular flexibility index (Phi) is 36.7. The fourth-order valence-corrected chi connectivity index (χ4v) is 8.72. The molecular weight excluding hydrogens is 1100 g/mol. The second kappa shape index (κ2) is 42.3. The van der Waals surface area contributed by atoms with Crippen LogP contribution in [0.4, 0.5) is 0 Å². The minimum atomic E-state index is -1.38. The molecule has 85 heavy (non-hydrogen) atoms. The van der Waals surface area contributed by atoms with Crippen LogP contribution in [0.1, 0.15) is 122 Å². The fraction of sp³-hybridized carbons (Fsp3) is 0.679. The Hall–Kier alpha value is -7.49. The molecule has 0 unspecified atom stereocenters. The number of hydrogen-bond acceptors (Lipinski definition) is 19. The predicted molar refractivity (Wildman–Crippen MR) is 319 cm³/mol. The van der Waals surface area contributed by atoms with Crippen molar-refractivity contribution in [3.05, 3.63) is 30.0 Å². The standard InChI is InChI=1S/C53H96N22O10/c1-33(68-47(80)39(19-25-59)70-45(78)35(60)13-2-5-20-54)44(77)66-31-43(76)69-40(16-10-24-58)52(85)75-28-12-18-42(75)51(84)74-41(29-34-30-63-32-67-34)50(83)73-37(15-4-7-22-56)48(81)72-38(17-11-27-65-53(61)62)49(82)71-36(14-3-6-21-55)46(79)64-26-9-8-23-57/h17,30,32-33,35-37,39,41-42H,2-16,18-29,31,54-60H2,1H3,(H,63,67)(H,64,79)(H,66,77)(H,68,80)(H,70,78)(H,71,82)(H,72,81)(H,73,83)(H,74,84)(H4,61,62,65)/b38-17-,69-40?/t33-,35-,36-,37-,39-,41-,42-/m0/s1. The maximum absolute atomic E-state index is 14.5. The van der Waals surface area contributed by atoms with E-state index in [2.05, 4.69) is 62.5 Å². The number of carbonyl (C=O) groups excluding carboxylic acids is 10. The summed E-state index contributed by atoms with van der Waals surface area (Å²) in [5.74, 6) is -7.61. The quantitative estimate of drug-likeness (QED) is 0.0125. The van der Waals surface area contributed by atoms with Gasteiger partial charge in [0.25, 0.3) is 17.7 Å². The van der Waals surface area contributed by atoms with Crippen LogP contribution in [0, 0.1) is 0 Å². The zero-order valence-electron chi connectivity index (χ0n) is 49.1. The van der Waals surface area contributed by atoms with Gasteiger partial charge in [0.05, 0.1) is 18.9 Å². The van der Waals surface area contributed by atoms with E-state index >= 15 is 0 Å². The Balaban J connectivity index is 2.36. The van der Waals surface area contributed by atoms with E-state index in [9.17, 15) is 47.9 Å². The van der Waals surface area contributed by atoms with E-state index in [1.165, 1.54) is 30.4 Å². The van der Waals surface area contributed by atoms with Gasteiger partial charge >= 0.3 is 0 Å². The van der Waals surface area contributed by atoms with Gasteiger partial charge in [-0.3, -0.25) is 52.9 Å². The number of imidazole rings is 1. The number of rotatable bonds is 43. The van der Waals surface area contributed by atoms with Crippen LogP contribution in [0.2, 0.25) is 0 Å². The van der Waals surface area contributed by atoms with E-state index in [-0.39, 0.29) is 101 Å². The van der Waals surface area contributed by atoms with Crippen LogP contribution < -0.4 is 94.1 Å². The first-order valence-electron chi connectivity index (χ1n) is 29.2. The normalized spacial score (nSPS) is 15.4. The number of nitrogens with two attached hydrogens (primary N) is 9. The summed E-state index contributed by atoms with van der Waals surface area (Å²) >= 11 is 0. The van der Waals surface area contributed by atoms with E-state index in [1.54, 1.807) is 0 Å². The number of aromatic amines is 1. The molecule has 0 saturated carbocycles. The predicted octanol–water partition coefficient (Wildman–Crippen LogP) is -6.21. The minimum Gasteiger partial charge on any atom is -0.370 e. The van der Waals surface area contributed by atoms with Gasteiger partial charge in [-0.05, 0) is 149 Å². The van der Waals surface area contributed by atoms with Gasteiger partial charge in [-0.2, -0.15) is 0 Å². The van der Waals surface area contributed by atoms with Gasteiger partial charge in [0.2, 0.25) is 41.4 Å². The van der Waals surface area contributed by atoms with Crippen molar-refractivity contribution in [2.75, 3.05) is 65.4 Å². The minimum absolute atomic E-state index is 0.0281. The molecule has 0 aromatic carbocycles. The third-order valence-electron chi connectivity index (χ3n) is 13.5. The largest absolute Gasteiger partial charge is 0.370 e. The molecule has 1 saturated heterocycles. The Morgan fingerprint density at radius 1 is 0.671 bits per heavy atom. The molecule has 2 rings (SSSR count). The van der Waals surface area contributed by atoms with Crippen molar-refractivity contribution in [1.82, 2.24) is 57.4 Å². The Morgan fingerprint density at radius 3 is 1.88 bits per heavy atom. The van der Waals surface area contributed by atoms with Crippen LogP contribution in [-0.4, -0.2) is 193 Å². The molecule has 10 amide bonds. The van der Waals surface area contributed by atoms with E-state index in [4.69, 9.17) is 51.6 Å². The van der Waals surface area contributed by atoms with Crippen LogP contribution in [0.15, 0.2) is 34.3 Å². The number of likely N-dealkylation sites (tertiary alicyclic amines) is 1. The van der Waals surface area contributed by atoms with Crippen LogP contribution in [0.5, 0.6) is 0 Å². The Morgan fingerprint density at radius 2 is 1.27 bits per heavy atom. The van der Waals surface area contributed by atoms with Gasteiger partial charge in [-0.25, -0.2) is 9.98 Å². The van der Waals surface area contributed by atoms with Gasteiger partial charge in [-0.1, -0.05) is 12.5 Å². The number of aliphatic imine (C=N–C) groups is 2. The second-order valence-electron chi connectivity index (χ2n) is 20.5. The van der Waals surface area contributed by atoms with E-state index in [0.717, 1.165) is 0 Å². The highest BCUT2D eigenvalue weighted by Crippen LogP contribution is 2.20. The van der Waals surface area contributed by atoms with Gasteiger partial charge in [0, 0.05) is 37.9 Å². The molecule has 2 heterocycles. The number of nitrogens with zero attached hydrogens (tertiary/aromatic N) is 4. The Bertz CT molecular complexity index is 2370. The molecule has 478 valence electrons. The molecule has 32 heteroatoms. The summed E-state index contributed by atoms with van der Waals surface area (Å²) in [6.45, 7) is 2.71. The van der Waals surface area contributed by atoms with E-state index < -0.39 is 108 Å². The van der Waals surface area contributed by atoms with Gasteiger partial charge in [0.15, 0.2) is 5.96 Å². The number of amides is 10. The molecule has 1 fully saturated rings. The third-order valence-corrected chi connectivity index (χ3v) is 13.5. The highest BCUT2D eigenvalue weighted by atomic mass is 16.2. The molecule has 1 aliphatic heterocycles. The van der Waals surface area contributed by atoms with Crippen LogP contribution in [0.25, 0.3) is 0 Å². The smallest absolute Gasteiger partial charge is 0.269 e. The van der Waals surface area contributed by atoms with Crippen LogP contribution >= 0.6 is 0 Å². The molecule has 1 aromatic rings. The van der Waals surface area contributed by atoms with Crippen molar-refractivity contribution < 1.29 is 47.9 Å². The maximum atomic E-state index is 14.5. The monoisotopic (exact) mass is 1200 g/mol. The number of unbranched alkanes of at least 4 members (excludes halogenated alkanes) is 4. The molecule has 1 aromatic heterocycles. The van der Waals surface area contributed by atoms with Crippen molar-refractivity contribution in [3.63, 3.8) is 0 Å². The SMILES string of the molecule is C[C@H](NC(=O)[C@H](CCN)NC(=O)[C@@H](N)CCCCN)C(=O)NCC(=O)N=C(CCCN)C(=O)N1CCC[C@H]1C(=O)N[C@@H](Cc1cnc[nH]1)C(=O)N[C@@H](CCCCN)C(=O)N/C(=C\CCN=C(N)N)C(=O)N[C@@H](CCCCN)C(=O)NCCCCN. The third kappa shape index (κ3) is 28.8. The van der Waals surface area contributed by atoms with E-state index in [0.29, 0.717) is 96.1 Å². The van der Waals surface area contributed by atoms with Crippen molar-refractivity contribution in [1.29, 1.82) is 0 Å². The van der Waals surface area contributed by atoms with Crippen LogP contribution in [0.3, 0.4) is 0 Å². The first kappa shape index (κ1) is 73.6. The summed E-state index contributed by atoms with van der Waals surface area (Å²) in [4.78, 5) is 153. The van der Waals surface area contributed by atoms with Crippen molar-refractivity contribution in [2.24, 2.45) is 61.6 Å². The molecule has 0 spiro atoms. The number of nitrogens with one attached hydrogen (secondary N) is 9. The number of H-pyrrole nitrogens is 1. The number of hydrogen-bond donors (Lipinski definition) is 18. The molecule has 0 radical (unpaired) electrons. The maximum Gasteiger partial charge on any atom is 0.269 e. The first-order chi connectivity index (χ1) is 40.7. The highest BCUT2D eigenvalue weighted by molar-refractivity contribution is 6.40. The lowest BCUT2D eigenvalue weighted by molar-refractivity contribution is -0.136. The molecule has 32 nitrogen and oxygen atoms in total. The summed E-state index contributed by atoms with van der Waals surface area (Å²) in [6.07, 6.45) is 9.84. The van der Waals surface area contributed by atoms with Crippen LogP contribution in [-0.2, 0) is 54.4 Å². The molecule has 0 bridgehead atoms. The number of guanidine groups is 1. The van der Waals surface area contributed by atoms with Crippen molar-refractivity contribution in [2.45, 2.75) is 165 Å². The highest BCUT2D eigenvalue weighted by Gasteiger charge is 2.39. The zero-order chi connectivity index (χ0) is 63.1. The average Bonchev–Trinajstić information content (AvgIpc) is 4.31. The molecule has 1 aliphatic rings.